The second kappa shape index (κ2) is 6.29. The van der Waals surface area contributed by atoms with Crippen molar-refractivity contribution in [2.45, 2.75) is 26.6 Å². The Labute approximate surface area is 126 Å². The molecule has 2 aromatic carbocycles. The maximum Gasteiger partial charge on any atom is 0.123 e. The number of fused-ring (bicyclic) bond motifs is 1. The zero-order valence-electron chi connectivity index (χ0n) is 12.5. The molecule has 0 amide bonds. The van der Waals surface area contributed by atoms with Gasteiger partial charge < -0.3 is 10.5 Å². The number of ether oxygens (including phenoxy) is 1. The first-order chi connectivity index (χ1) is 10.3. The summed E-state index contributed by atoms with van der Waals surface area (Å²) in [4.78, 5) is 2.44. The summed E-state index contributed by atoms with van der Waals surface area (Å²) in [6.07, 6.45) is 0. The van der Waals surface area contributed by atoms with Gasteiger partial charge in [-0.05, 0) is 29.7 Å². The fraction of sp³-hybridized carbons (Fsp3) is 0.333. The molecule has 1 aliphatic rings. The van der Waals surface area contributed by atoms with Crippen LogP contribution in [-0.2, 0) is 19.6 Å². The molecule has 21 heavy (non-hydrogen) atoms. The number of nitrogens with two attached hydrogens (primary N) is 1. The van der Waals surface area contributed by atoms with Crippen LogP contribution in [0.1, 0.15) is 22.3 Å². The summed E-state index contributed by atoms with van der Waals surface area (Å²) in [5.41, 5.74) is 10.8. The molecule has 3 nitrogen and oxygen atoms in total. The molecule has 0 saturated heterocycles. The van der Waals surface area contributed by atoms with Gasteiger partial charge in [-0.2, -0.15) is 0 Å². The highest BCUT2D eigenvalue weighted by molar-refractivity contribution is 5.34. The number of aryl methyl sites for hydroxylation is 1. The normalized spacial score (nSPS) is 15.1. The number of benzene rings is 2. The van der Waals surface area contributed by atoms with E-state index >= 15 is 0 Å². The molecule has 0 aliphatic carbocycles. The van der Waals surface area contributed by atoms with Crippen LogP contribution in [0.3, 0.4) is 0 Å². The second-order valence-electron chi connectivity index (χ2n) is 5.63. The summed E-state index contributed by atoms with van der Waals surface area (Å²) in [5.74, 6) is 1.02. The summed E-state index contributed by atoms with van der Waals surface area (Å²) < 4.78 is 5.82. The van der Waals surface area contributed by atoms with Crippen molar-refractivity contribution in [2.24, 2.45) is 5.73 Å². The largest absolute Gasteiger partial charge is 0.492 e. The number of para-hydroxylation sites is 1. The van der Waals surface area contributed by atoms with Gasteiger partial charge in [0, 0.05) is 31.7 Å². The minimum atomic E-state index is 0.603. The number of hydrogen-bond acceptors (Lipinski definition) is 3. The van der Waals surface area contributed by atoms with Gasteiger partial charge in [0.05, 0.1) is 0 Å². The number of nitrogens with zero attached hydrogens (tertiary/aromatic N) is 1. The van der Waals surface area contributed by atoms with Crippen LogP contribution in [0.25, 0.3) is 0 Å². The zero-order valence-corrected chi connectivity index (χ0v) is 12.5. The van der Waals surface area contributed by atoms with E-state index < -0.39 is 0 Å². The first kappa shape index (κ1) is 14.1. The summed E-state index contributed by atoms with van der Waals surface area (Å²) in [6, 6.07) is 14.8. The maximum atomic E-state index is 5.82. The Bertz CT molecular complexity index is 624. The van der Waals surface area contributed by atoms with Crippen molar-refractivity contribution in [1.82, 2.24) is 4.90 Å². The topological polar surface area (TPSA) is 38.5 Å². The van der Waals surface area contributed by atoms with E-state index in [2.05, 4.69) is 48.2 Å². The van der Waals surface area contributed by atoms with Gasteiger partial charge in [-0.1, -0.05) is 36.4 Å². The third-order valence-corrected chi connectivity index (χ3v) is 4.07. The first-order valence-electron chi connectivity index (χ1n) is 7.48. The van der Waals surface area contributed by atoms with Crippen LogP contribution in [0, 0.1) is 6.92 Å². The van der Waals surface area contributed by atoms with E-state index in [1.54, 1.807) is 0 Å². The van der Waals surface area contributed by atoms with Crippen molar-refractivity contribution in [3.05, 3.63) is 64.7 Å². The minimum absolute atomic E-state index is 0.603. The van der Waals surface area contributed by atoms with E-state index in [0.717, 1.165) is 32.0 Å². The molecule has 2 aromatic rings. The summed E-state index contributed by atoms with van der Waals surface area (Å²) in [5, 5.41) is 0. The summed E-state index contributed by atoms with van der Waals surface area (Å²) >= 11 is 0. The molecule has 1 aliphatic heterocycles. The molecule has 0 aromatic heterocycles. The molecule has 0 fully saturated rings. The lowest BCUT2D eigenvalue weighted by Gasteiger charge is -2.20. The van der Waals surface area contributed by atoms with Gasteiger partial charge in [-0.15, -0.1) is 0 Å². The third-order valence-electron chi connectivity index (χ3n) is 4.07. The lowest BCUT2D eigenvalue weighted by atomic mass is 10.0. The summed E-state index contributed by atoms with van der Waals surface area (Å²) in [6.45, 7) is 6.36. The average Bonchev–Trinajstić information content (AvgIpc) is 2.71. The van der Waals surface area contributed by atoms with Gasteiger partial charge in [0.15, 0.2) is 0 Å². The van der Waals surface area contributed by atoms with Gasteiger partial charge in [-0.3, -0.25) is 4.90 Å². The molecule has 3 heteroatoms. The van der Waals surface area contributed by atoms with Gasteiger partial charge >= 0.3 is 0 Å². The monoisotopic (exact) mass is 282 g/mol. The predicted octanol–water partition coefficient (Wildman–Crippen LogP) is 2.85. The second-order valence-corrected chi connectivity index (χ2v) is 5.63. The third kappa shape index (κ3) is 3.26. The molecule has 0 unspecified atom stereocenters. The van der Waals surface area contributed by atoms with Crippen LogP contribution in [0.2, 0.25) is 0 Å². The molecule has 0 saturated carbocycles. The van der Waals surface area contributed by atoms with Gasteiger partial charge in [0.1, 0.15) is 12.4 Å². The van der Waals surface area contributed by atoms with Crippen LogP contribution in [0.15, 0.2) is 42.5 Å². The molecular weight excluding hydrogens is 260 g/mol. The van der Waals surface area contributed by atoms with Crippen molar-refractivity contribution in [2.75, 3.05) is 13.2 Å². The van der Waals surface area contributed by atoms with E-state index in [1.165, 1.54) is 22.3 Å². The smallest absolute Gasteiger partial charge is 0.123 e. The van der Waals surface area contributed by atoms with Crippen LogP contribution in [0.5, 0.6) is 5.75 Å². The zero-order chi connectivity index (χ0) is 14.7. The Morgan fingerprint density at radius 2 is 2.05 bits per heavy atom. The molecular formula is C18H22N2O. The van der Waals surface area contributed by atoms with E-state index in [9.17, 15) is 0 Å². The molecule has 0 bridgehead atoms. The minimum Gasteiger partial charge on any atom is -0.492 e. The Morgan fingerprint density at radius 3 is 2.86 bits per heavy atom. The Hall–Kier alpha value is -1.84. The molecule has 0 radical (unpaired) electrons. The highest BCUT2D eigenvalue weighted by Crippen LogP contribution is 2.24. The highest BCUT2D eigenvalue weighted by atomic mass is 16.5. The average molecular weight is 282 g/mol. The molecule has 2 N–H and O–H groups in total. The van der Waals surface area contributed by atoms with E-state index in [-0.39, 0.29) is 0 Å². The first-order valence-corrected chi connectivity index (χ1v) is 7.48. The molecule has 0 spiro atoms. The van der Waals surface area contributed by atoms with Crippen molar-refractivity contribution >= 4 is 0 Å². The fourth-order valence-corrected chi connectivity index (χ4v) is 2.82. The Balaban J connectivity index is 1.76. The highest BCUT2D eigenvalue weighted by Gasteiger charge is 2.15. The Morgan fingerprint density at radius 1 is 1.19 bits per heavy atom. The van der Waals surface area contributed by atoms with Gasteiger partial charge in [-0.25, -0.2) is 0 Å². The predicted molar refractivity (Wildman–Crippen MR) is 85.1 cm³/mol. The maximum absolute atomic E-state index is 5.82. The SMILES string of the molecule is Cc1cc(CN)ccc1CN1CCOc2ccccc2C1. The number of rotatable bonds is 3. The molecule has 1 heterocycles. The quantitative estimate of drug-likeness (QED) is 0.941. The van der Waals surface area contributed by atoms with Crippen molar-refractivity contribution in [1.29, 1.82) is 0 Å². The van der Waals surface area contributed by atoms with Crippen LogP contribution >= 0.6 is 0 Å². The van der Waals surface area contributed by atoms with Gasteiger partial charge in [0.2, 0.25) is 0 Å². The van der Waals surface area contributed by atoms with Crippen molar-refractivity contribution in [3.63, 3.8) is 0 Å². The van der Waals surface area contributed by atoms with Crippen molar-refractivity contribution < 1.29 is 4.74 Å². The molecule has 0 atom stereocenters. The molecule has 110 valence electrons. The van der Waals surface area contributed by atoms with E-state index in [1.807, 2.05) is 6.07 Å². The van der Waals surface area contributed by atoms with Crippen LogP contribution < -0.4 is 10.5 Å². The van der Waals surface area contributed by atoms with Gasteiger partial charge in [0.25, 0.3) is 0 Å². The fourth-order valence-electron chi connectivity index (χ4n) is 2.82. The van der Waals surface area contributed by atoms with Crippen molar-refractivity contribution in [3.8, 4) is 5.75 Å². The lowest BCUT2D eigenvalue weighted by molar-refractivity contribution is 0.219. The van der Waals surface area contributed by atoms with Crippen LogP contribution in [0.4, 0.5) is 0 Å². The van der Waals surface area contributed by atoms with Crippen LogP contribution in [-0.4, -0.2) is 18.1 Å². The number of hydrogen-bond donors (Lipinski definition) is 1. The lowest BCUT2D eigenvalue weighted by Crippen LogP contribution is -2.25. The van der Waals surface area contributed by atoms with E-state index in [4.69, 9.17) is 10.5 Å². The summed E-state index contributed by atoms with van der Waals surface area (Å²) in [7, 11) is 0. The van der Waals surface area contributed by atoms with E-state index in [0.29, 0.717) is 6.54 Å². The Kier molecular flexibility index (Phi) is 4.23. The molecule has 3 rings (SSSR count). The standard InChI is InChI=1S/C18H22N2O/c1-14-10-15(11-19)6-7-16(14)12-20-8-9-21-18-5-3-2-4-17(18)13-20/h2-7,10H,8-9,11-13,19H2,1H3.